The lowest BCUT2D eigenvalue weighted by Crippen LogP contribution is -2.13. The second-order valence-electron chi connectivity index (χ2n) is 4.72. The molecule has 0 spiro atoms. The van der Waals surface area contributed by atoms with Crippen LogP contribution >= 0.6 is 11.6 Å². The molecule has 8 nitrogen and oxygen atoms in total. The van der Waals surface area contributed by atoms with Crippen molar-refractivity contribution < 1.29 is 13.2 Å². The first kappa shape index (κ1) is 15.4. The number of nitrogens with zero attached hydrogens (tertiary/aromatic N) is 4. The molecule has 0 unspecified atom stereocenters. The number of hydrogen-bond acceptors (Lipinski definition) is 6. The molecule has 0 saturated heterocycles. The molecule has 0 atom stereocenters. The van der Waals surface area contributed by atoms with Gasteiger partial charge in [-0.3, -0.25) is 9.20 Å². The Bertz CT molecular complexity index is 998. The quantitative estimate of drug-likeness (QED) is 0.715. The van der Waals surface area contributed by atoms with E-state index in [1.54, 1.807) is 0 Å². The van der Waals surface area contributed by atoms with Crippen LogP contribution in [0.15, 0.2) is 41.7 Å². The fourth-order valence-corrected chi connectivity index (χ4v) is 2.73. The monoisotopic (exact) mass is 351 g/mol. The Hall–Kier alpha value is -2.52. The fraction of sp³-hybridized carbons (Fsp3) is 0.0769. The molecular weight excluding hydrogens is 342 g/mol. The molecule has 1 N–H and O–H groups in total. The molecule has 10 heteroatoms. The van der Waals surface area contributed by atoms with E-state index >= 15 is 0 Å². The minimum absolute atomic E-state index is 0.141. The van der Waals surface area contributed by atoms with Crippen molar-refractivity contribution in [2.24, 2.45) is 0 Å². The van der Waals surface area contributed by atoms with Gasteiger partial charge in [0.15, 0.2) is 15.5 Å². The standard InChI is InChI=1S/C13H10ClN5O3S/c1-23(21,22)9-4-2-8(3-5-9)12(20)17-10-6-15-13(14)19-7-16-18-11(10)19/h2-7H,1H3,(H,17,20). The Labute approximate surface area is 136 Å². The first-order valence-electron chi connectivity index (χ1n) is 6.32. The van der Waals surface area contributed by atoms with Crippen LogP contribution in [0.5, 0.6) is 0 Å². The Morgan fingerprint density at radius 1 is 1.26 bits per heavy atom. The summed E-state index contributed by atoms with van der Waals surface area (Å²) in [4.78, 5) is 16.3. The molecule has 2 heterocycles. The number of amides is 1. The molecule has 3 rings (SSSR count). The first-order valence-corrected chi connectivity index (χ1v) is 8.59. The molecule has 0 aliphatic carbocycles. The van der Waals surface area contributed by atoms with Gasteiger partial charge in [0.2, 0.25) is 5.28 Å². The zero-order valence-electron chi connectivity index (χ0n) is 11.8. The third-order valence-corrected chi connectivity index (χ3v) is 4.49. The number of nitrogens with one attached hydrogen (secondary N) is 1. The van der Waals surface area contributed by atoms with Crippen LogP contribution in [0.4, 0.5) is 5.69 Å². The van der Waals surface area contributed by atoms with Gasteiger partial charge < -0.3 is 5.32 Å². The number of sulfone groups is 1. The van der Waals surface area contributed by atoms with E-state index in [0.717, 1.165) is 6.26 Å². The van der Waals surface area contributed by atoms with Gasteiger partial charge in [-0.25, -0.2) is 13.4 Å². The van der Waals surface area contributed by atoms with Crippen LogP contribution in [0.25, 0.3) is 5.65 Å². The van der Waals surface area contributed by atoms with Crippen LogP contribution in [0.2, 0.25) is 5.28 Å². The minimum atomic E-state index is -3.31. The maximum atomic E-state index is 12.2. The summed E-state index contributed by atoms with van der Waals surface area (Å²) in [6.45, 7) is 0. The number of hydrogen-bond donors (Lipinski definition) is 1. The van der Waals surface area contributed by atoms with Crippen LogP contribution in [-0.2, 0) is 9.84 Å². The summed E-state index contributed by atoms with van der Waals surface area (Å²) < 4.78 is 24.2. The van der Waals surface area contributed by atoms with Crippen molar-refractivity contribution in [3.05, 3.63) is 47.6 Å². The van der Waals surface area contributed by atoms with Gasteiger partial charge in [0.05, 0.1) is 11.1 Å². The van der Waals surface area contributed by atoms with Crippen molar-refractivity contribution in [1.82, 2.24) is 19.6 Å². The molecule has 23 heavy (non-hydrogen) atoms. The SMILES string of the molecule is CS(=O)(=O)c1ccc(C(=O)Nc2cnc(Cl)n3cnnc23)cc1. The lowest BCUT2D eigenvalue weighted by molar-refractivity contribution is 0.102. The molecule has 118 valence electrons. The van der Waals surface area contributed by atoms with Crippen molar-refractivity contribution in [3.8, 4) is 0 Å². The van der Waals surface area contributed by atoms with E-state index in [9.17, 15) is 13.2 Å². The first-order chi connectivity index (χ1) is 10.9. The third-order valence-electron chi connectivity index (χ3n) is 3.08. The number of halogens is 1. The number of carbonyl (C=O) groups excluding carboxylic acids is 1. The molecular formula is C13H10ClN5O3S. The lowest BCUT2D eigenvalue weighted by atomic mass is 10.2. The van der Waals surface area contributed by atoms with Gasteiger partial charge in [-0.2, -0.15) is 0 Å². The van der Waals surface area contributed by atoms with Crippen molar-refractivity contribution in [3.63, 3.8) is 0 Å². The van der Waals surface area contributed by atoms with E-state index in [1.165, 1.54) is 41.2 Å². The third kappa shape index (κ3) is 3.01. The van der Waals surface area contributed by atoms with Gasteiger partial charge in [-0.1, -0.05) is 0 Å². The lowest BCUT2D eigenvalue weighted by Gasteiger charge is -2.07. The van der Waals surface area contributed by atoms with E-state index < -0.39 is 15.7 Å². The van der Waals surface area contributed by atoms with Gasteiger partial charge in [0.25, 0.3) is 5.91 Å². The van der Waals surface area contributed by atoms with Crippen molar-refractivity contribution in [2.45, 2.75) is 4.90 Å². The van der Waals surface area contributed by atoms with E-state index in [1.807, 2.05) is 0 Å². The number of carbonyl (C=O) groups is 1. The summed E-state index contributed by atoms with van der Waals surface area (Å²) in [5.41, 5.74) is 0.986. The van der Waals surface area contributed by atoms with Gasteiger partial charge in [-0.15, -0.1) is 10.2 Å². The normalized spacial score (nSPS) is 11.6. The Morgan fingerprint density at radius 3 is 2.61 bits per heavy atom. The van der Waals surface area contributed by atoms with E-state index in [4.69, 9.17) is 11.6 Å². The molecule has 1 amide bonds. The molecule has 0 radical (unpaired) electrons. The maximum Gasteiger partial charge on any atom is 0.255 e. The second kappa shape index (κ2) is 5.60. The smallest absolute Gasteiger partial charge is 0.255 e. The van der Waals surface area contributed by atoms with Crippen LogP contribution < -0.4 is 5.32 Å². The topological polar surface area (TPSA) is 106 Å². The molecule has 0 bridgehead atoms. The highest BCUT2D eigenvalue weighted by Gasteiger charge is 2.13. The summed E-state index contributed by atoms with van der Waals surface area (Å²) >= 11 is 5.89. The summed E-state index contributed by atoms with van der Waals surface area (Å²) in [6, 6.07) is 5.60. The average molecular weight is 352 g/mol. The highest BCUT2D eigenvalue weighted by atomic mass is 35.5. The molecule has 2 aromatic heterocycles. The largest absolute Gasteiger partial charge is 0.317 e. The van der Waals surface area contributed by atoms with Crippen molar-refractivity contribution in [1.29, 1.82) is 0 Å². The van der Waals surface area contributed by atoms with E-state index in [0.29, 0.717) is 16.9 Å². The summed E-state index contributed by atoms with van der Waals surface area (Å²) in [5.74, 6) is -0.431. The van der Waals surface area contributed by atoms with Gasteiger partial charge in [-0.05, 0) is 35.9 Å². The van der Waals surface area contributed by atoms with Crippen LogP contribution in [0.3, 0.4) is 0 Å². The second-order valence-corrected chi connectivity index (χ2v) is 7.07. The molecule has 1 aromatic carbocycles. The van der Waals surface area contributed by atoms with Crippen LogP contribution in [0, 0.1) is 0 Å². The van der Waals surface area contributed by atoms with Crippen molar-refractivity contribution in [2.75, 3.05) is 11.6 Å². The highest BCUT2D eigenvalue weighted by Crippen LogP contribution is 2.18. The van der Waals surface area contributed by atoms with Gasteiger partial charge in [0.1, 0.15) is 12.0 Å². The van der Waals surface area contributed by atoms with Gasteiger partial charge >= 0.3 is 0 Å². The Balaban J connectivity index is 1.89. The average Bonchev–Trinajstić information content (AvgIpc) is 3.00. The van der Waals surface area contributed by atoms with Crippen LogP contribution in [0.1, 0.15) is 10.4 Å². The summed E-state index contributed by atoms with van der Waals surface area (Å²) in [7, 11) is -3.31. The zero-order valence-corrected chi connectivity index (χ0v) is 13.3. The van der Waals surface area contributed by atoms with Crippen molar-refractivity contribution >= 4 is 38.7 Å². The fourth-order valence-electron chi connectivity index (χ4n) is 1.93. The molecule has 0 aliphatic heterocycles. The number of benzene rings is 1. The van der Waals surface area contributed by atoms with Gasteiger partial charge in [0, 0.05) is 11.8 Å². The zero-order chi connectivity index (χ0) is 16.6. The predicted molar refractivity (Wildman–Crippen MR) is 83.3 cm³/mol. The number of aromatic nitrogens is 4. The number of fused-ring (bicyclic) bond motifs is 1. The van der Waals surface area contributed by atoms with E-state index in [-0.39, 0.29) is 10.2 Å². The Kier molecular flexibility index (Phi) is 3.74. The number of anilines is 1. The summed E-state index contributed by atoms with van der Waals surface area (Å²) in [6.07, 6.45) is 3.85. The molecule has 0 fully saturated rings. The number of rotatable bonds is 3. The Morgan fingerprint density at radius 2 is 1.96 bits per heavy atom. The predicted octanol–water partition coefficient (Wildman–Crippen LogP) is 1.43. The highest BCUT2D eigenvalue weighted by molar-refractivity contribution is 7.90. The summed E-state index contributed by atoms with van der Waals surface area (Å²) in [5, 5.41) is 10.4. The molecule has 0 aliphatic rings. The molecule has 0 saturated carbocycles. The maximum absolute atomic E-state index is 12.2. The minimum Gasteiger partial charge on any atom is -0.317 e. The van der Waals surface area contributed by atoms with Crippen LogP contribution in [-0.4, -0.2) is 40.2 Å². The van der Waals surface area contributed by atoms with E-state index in [2.05, 4.69) is 20.5 Å². The molecule has 3 aromatic rings.